The molecule has 0 heterocycles. The highest BCUT2D eigenvalue weighted by molar-refractivity contribution is 5.85. The lowest BCUT2D eigenvalue weighted by Gasteiger charge is -2.24. The lowest BCUT2D eigenvalue weighted by Crippen LogP contribution is -2.22. The molecule has 2 rings (SSSR count). The van der Waals surface area contributed by atoms with Crippen molar-refractivity contribution in [1.82, 2.24) is 0 Å². The molecule has 0 unspecified atom stereocenters. The fraction of sp³-hybridized carbons (Fsp3) is 0.500. The number of hydrogen-bond acceptors (Lipinski definition) is 2. The van der Waals surface area contributed by atoms with Gasteiger partial charge in [0.15, 0.2) is 0 Å². The Labute approximate surface area is 97.1 Å². The Bertz CT molecular complexity index is 297. The van der Waals surface area contributed by atoms with Crippen LogP contribution in [0.25, 0.3) is 0 Å². The van der Waals surface area contributed by atoms with Gasteiger partial charge >= 0.3 is 0 Å². The zero-order chi connectivity index (χ0) is 9.80. The Morgan fingerprint density at radius 1 is 1.07 bits per heavy atom. The predicted molar refractivity (Wildman–Crippen MR) is 65.9 cm³/mol. The van der Waals surface area contributed by atoms with E-state index in [-0.39, 0.29) is 12.4 Å². The number of anilines is 1. The van der Waals surface area contributed by atoms with Crippen LogP contribution in [-0.2, 0) is 0 Å². The minimum absolute atomic E-state index is 0. The molecule has 1 aliphatic rings. The number of para-hydroxylation sites is 2. The van der Waals surface area contributed by atoms with Crippen molar-refractivity contribution in [3.8, 4) is 5.75 Å². The van der Waals surface area contributed by atoms with Crippen molar-refractivity contribution < 1.29 is 5.11 Å². The molecule has 3 heteroatoms. The van der Waals surface area contributed by atoms with Gasteiger partial charge in [-0.05, 0) is 25.0 Å². The predicted octanol–water partition coefficient (Wildman–Crippen LogP) is 3.56. The third kappa shape index (κ3) is 3.31. The summed E-state index contributed by atoms with van der Waals surface area (Å²) in [6.07, 6.45) is 6.44. The number of aromatic hydroxyl groups is 1. The summed E-state index contributed by atoms with van der Waals surface area (Å²) >= 11 is 0. The number of halogens is 1. The number of nitrogens with one attached hydrogen (secondary N) is 1. The summed E-state index contributed by atoms with van der Waals surface area (Å²) in [4.78, 5) is 0. The molecule has 0 spiro atoms. The first-order valence-electron chi connectivity index (χ1n) is 5.41. The first-order chi connectivity index (χ1) is 6.86. The van der Waals surface area contributed by atoms with Gasteiger partial charge in [-0.25, -0.2) is 0 Å². The summed E-state index contributed by atoms with van der Waals surface area (Å²) in [6.45, 7) is 0. The van der Waals surface area contributed by atoms with Gasteiger partial charge in [-0.15, -0.1) is 12.4 Å². The fourth-order valence-corrected chi connectivity index (χ4v) is 2.06. The monoisotopic (exact) mass is 227 g/mol. The maximum atomic E-state index is 9.58. The van der Waals surface area contributed by atoms with E-state index in [2.05, 4.69) is 5.32 Å². The quantitative estimate of drug-likeness (QED) is 0.758. The average molecular weight is 228 g/mol. The Kier molecular flexibility index (Phi) is 4.76. The van der Waals surface area contributed by atoms with Crippen molar-refractivity contribution in [1.29, 1.82) is 0 Å². The first-order valence-corrected chi connectivity index (χ1v) is 5.41. The molecule has 15 heavy (non-hydrogen) atoms. The molecular formula is C12H18ClNO. The van der Waals surface area contributed by atoms with E-state index in [9.17, 15) is 5.11 Å². The van der Waals surface area contributed by atoms with Crippen molar-refractivity contribution in [3.63, 3.8) is 0 Å². The molecule has 0 atom stereocenters. The number of hydrogen-bond donors (Lipinski definition) is 2. The van der Waals surface area contributed by atoms with Crippen LogP contribution in [0, 0.1) is 0 Å². The van der Waals surface area contributed by atoms with Crippen LogP contribution in [0.15, 0.2) is 24.3 Å². The molecule has 1 saturated carbocycles. The highest BCUT2D eigenvalue weighted by atomic mass is 35.5. The van der Waals surface area contributed by atoms with Gasteiger partial charge in [-0.3, -0.25) is 0 Å². The zero-order valence-electron chi connectivity index (χ0n) is 8.78. The van der Waals surface area contributed by atoms with Crippen molar-refractivity contribution >= 4 is 18.1 Å². The molecule has 1 fully saturated rings. The van der Waals surface area contributed by atoms with Crippen LogP contribution in [-0.4, -0.2) is 11.1 Å². The summed E-state index contributed by atoms with van der Waals surface area (Å²) in [6, 6.07) is 8.01. The molecule has 0 amide bonds. The summed E-state index contributed by atoms with van der Waals surface area (Å²) in [5.41, 5.74) is 0.874. The van der Waals surface area contributed by atoms with Gasteiger partial charge in [0.2, 0.25) is 0 Å². The molecule has 0 bridgehead atoms. The second-order valence-electron chi connectivity index (χ2n) is 4.00. The normalized spacial score (nSPS) is 16.8. The van der Waals surface area contributed by atoms with Gasteiger partial charge in [-0.1, -0.05) is 31.4 Å². The topological polar surface area (TPSA) is 32.3 Å². The van der Waals surface area contributed by atoms with Crippen molar-refractivity contribution in [2.45, 2.75) is 38.1 Å². The minimum Gasteiger partial charge on any atom is -0.506 e. The van der Waals surface area contributed by atoms with Gasteiger partial charge in [0.05, 0.1) is 5.69 Å². The van der Waals surface area contributed by atoms with Gasteiger partial charge in [0.1, 0.15) is 5.75 Å². The SMILES string of the molecule is Cl.Oc1ccccc1NC1CCCCC1. The van der Waals surface area contributed by atoms with E-state index >= 15 is 0 Å². The standard InChI is InChI=1S/C12H17NO.ClH/c14-12-9-5-4-8-11(12)13-10-6-2-1-3-7-10;/h4-5,8-10,13-14H,1-3,6-7H2;1H. The maximum Gasteiger partial charge on any atom is 0.138 e. The number of phenolic OH excluding ortho intramolecular Hbond substituents is 1. The molecule has 84 valence electrons. The molecular weight excluding hydrogens is 210 g/mol. The average Bonchev–Trinajstić information content (AvgIpc) is 2.23. The van der Waals surface area contributed by atoms with Crippen molar-refractivity contribution in [2.24, 2.45) is 0 Å². The number of phenols is 1. The van der Waals surface area contributed by atoms with E-state index in [4.69, 9.17) is 0 Å². The van der Waals surface area contributed by atoms with Crippen LogP contribution in [0.3, 0.4) is 0 Å². The maximum absolute atomic E-state index is 9.58. The highest BCUT2D eigenvalue weighted by Crippen LogP contribution is 2.26. The zero-order valence-corrected chi connectivity index (χ0v) is 9.59. The molecule has 2 N–H and O–H groups in total. The molecule has 0 aromatic heterocycles. The molecule has 2 nitrogen and oxygen atoms in total. The van der Waals surface area contributed by atoms with Crippen LogP contribution < -0.4 is 5.32 Å². The van der Waals surface area contributed by atoms with E-state index in [1.165, 1.54) is 32.1 Å². The van der Waals surface area contributed by atoms with Crippen LogP contribution in [0.5, 0.6) is 5.75 Å². The van der Waals surface area contributed by atoms with E-state index in [1.807, 2.05) is 18.2 Å². The third-order valence-corrected chi connectivity index (χ3v) is 2.87. The summed E-state index contributed by atoms with van der Waals surface area (Å²) in [7, 11) is 0. The molecule has 1 aromatic carbocycles. The molecule has 1 aliphatic carbocycles. The molecule has 1 aromatic rings. The van der Waals surface area contributed by atoms with Crippen LogP contribution in [0.1, 0.15) is 32.1 Å². The number of benzene rings is 1. The smallest absolute Gasteiger partial charge is 0.138 e. The van der Waals surface area contributed by atoms with Gasteiger partial charge in [0, 0.05) is 6.04 Å². The molecule has 0 aliphatic heterocycles. The Morgan fingerprint density at radius 3 is 2.40 bits per heavy atom. The van der Waals surface area contributed by atoms with E-state index < -0.39 is 0 Å². The third-order valence-electron chi connectivity index (χ3n) is 2.87. The Hall–Kier alpha value is -0.890. The summed E-state index contributed by atoms with van der Waals surface area (Å²) in [5, 5.41) is 13.0. The lowest BCUT2D eigenvalue weighted by atomic mass is 9.95. The molecule has 0 radical (unpaired) electrons. The van der Waals surface area contributed by atoms with Crippen LogP contribution in [0.4, 0.5) is 5.69 Å². The fourth-order valence-electron chi connectivity index (χ4n) is 2.06. The Balaban J connectivity index is 0.00000112. The van der Waals surface area contributed by atoms with E-state index in [0.717, 1.165) is 5.69 Å². The van der Waals surface area contributed by atoms with E-state index in [0.29, 0.717) is 11.8 Å². The van der Waals surface area contributed by atoms with Gasteiger partial charge in [-0.2, -0.15) is 0 Å². The second kappa shape index (κ2) is 5.86. The van der Waals surface area contributed by atoms with Crippen LogP contribution in [0.2, 0.25) is 0 Å². The lowest BCUT2D eigenvalue weighted by molar-refractivity contribution is 0.453. The highest BCUT2D eigenvalue weighted by Gasteiger charge is 2.13. The number of rotatable bonds is 2. The van der Waals surface area contributed by atoms with Crippen molar-refractivity contribution in [2.75, 3.05) is 5.32 Å². The second-order valence-corrected chi connectivity index (χ2v) is 4.00. The van der Waals surface area contributed by atoms with Crippen molar-refractivity contribution in [3.05, 3.63) is 24.3 Å². The minimum atomic E-state index is 0. The first kappa shape index (κ1) is 12.2. The molecule has 0 saturated heterocycles. The summed E-state index contributed by atoms with van der Waals surface area (Å²) < 4.78 is 0. The Morgan fingerprint density at radius 2 is 1.73 bits per heavy atom. The van der Waals surface area contributed by atoms with Gasteiger partial charge in [0.25, 0.3) is 0 Å². The largest absolute Gasteiger partial charge is 0.506 e. The van der Waals surface area contributed by atoms with E-state index in [1.54, 1.807) is 6.07 Å². The summed E-state index contributed by atoms with van der Waals surface area (Å²) in [5.74, 6) is 0.359. The van der Waals surface area contributed by atoms with Gasteiger partial charge < -0.3 is 10.4 Å². The van der Waals surface area contributed by atoms with Crippen LogP contribution >= 0.6 is 12.4 Å².